The van der Waals surface area contributed by atoms with Gasteiger partial charge in [-0.25, -0.2) is 8.42 Å². The van der Waals surface area contributed by atoms with E-state index in [9.17, 15) is 8.42 Å². The molecule has 0 aliphatic heterocycles. The number of ether oxygens (including phenoxy) is 1. The zero-order valence-corrected chi connectivity index (χ0v) is 8.86. The zero-order valence-electron chi connectivity index (χ0n) is 8.04. The molecule has 5 nitrogen and oxygen atoms in total. The molecule has 0 saturated carbocycles. The topological polar surface area (TPSA) is 71.5 Å². The van der Waals surface area contributed by atoms with Crippen LogP contribution in [0.2, 0.25) is 0 Å². The summed E-state index contributed by atoms with van der Waals surface area (Å²) in [6.45, 7) is 3.21. The van der Waals surface area contributed by atoms with Crippen LogP contribution in [-0.2, 0) is 9.84 Å². The number of methoxy groups -OCH3 is 1. The van der Waals surface area contributed by atoms with Crippen LogP contribution in [0.4, 0.5) is 5.69 Å². The molecule has 1 rings (SSSR count). The first kappa shape index (κ1) is 11.2. The second kappa shape index (κ2) is 4.11. The van der Waals surface area contributed by atoms with Gasteiger partial charge in [0.2, 0.25) is 11.1 Å². The summed E-state index contributed by atoms with van der Waals surface area (Å²) in [6.07, 6.45) is 0. The number of benzene rings is 1. The molecule has 0 aliphatic carbocycles. The fraction of sp³-hybridized carbons (Fsp3) is 0.111. The van der Waals surface area contributed by atoms with Crippen molar-refractivity contribution >= 4 is 15.5 Å². The molecule has 0 radical (unpaired) electrons. The maximum atomic E-state index is 11.4. The van der Waals surface area contributed by atoms with Gasteiger partial charge in [0.25, 0.3) is 0 Å². The van der Waals surface area contributed by atoms with Gasteiger partial charge >= 0.3 is 5.69 Å². The van der Waals surface area contributed by atoms with Crippen LogP contribution in [0.25, 0.3) is 4.98 Å². The van der Waals surface area contributed by atoms with Gasteiger partial charge < -0.3 is 4.74 Å². The van der Waals surface area contributed by atoms with Crippen molar-refractivity contribution in [1.29, 1.82) is 5.39 Å². The van der Waals surface area contributed by atoms with Crippen LogP contribution in [-0.4, -0.2) is 15.5 Å². The third-order valence-electron chi connectivity index (χ3n) is 1.81. The van der Waals surface area contributed by atoms with Crippen molar-refractivity contribution in [2.75, 3.05) is 7.11 Å². The summed E-state index contributed by atoms with van der Waals surface area (Å²) >= 11 is 0. The van der Waals surface area contributed by atoms with E-state index in [0.717, 1.165) is 5.41 Å². The molecule has 0 amide bonds. The fourth-order valence-electron chi connectivity index (χ4n) is 1.01. The largest absolute Gasteiger partial charge is 0.489 e. The SMILES string of the molecule is C=CS(=O)(=O)c1ccc([N+]#N)c(OC)c1. The molecule has 15 heavy (non-hydrogen) atoms. The number of rotatable bonds is 3. The molecule has 0 aromatic heterocycles. The number of sulfone groups is 1. The van der Waals surface area contributed by atoms with Crippen LogP contribution < -0.4 is 4.74 Å². The van der Waals surface area contributed by atoms with Crippen LogP contribution in [0, 0.1) is 5.39 Å². The van der Waals surface area contributed by atoms with Crippen LogP contribution in [0.5, 0.6) is 5.75 Å². The summed E-state index contributed by atoms with van der Waals surface area (Å²) in [7, 11) is -2.14. The van der Waals surface area contributed by atoms with Gasteiger partial charge in [0, 0.05) is 17.5 Å². The molecule has 0 atom stereocenters. The van der Waals surface area contributed by atoms with E-state index in [1.54, 1.807) is 0 Å². The predicted octanol–water partition coefficient (Wildman–Crippen LogP) is 2.10. The monoisotopic (exact) mass is 225 g/mol. The lowest BCUT2D eigenvalue weighted by atomic mass is 10.3. The van der Waals surface area contributed by atoms with Crippen molar-refractivity contribution in [3.63, 3.8) is 0 Å². The van der Waals surface area contributed by atoms with Gasteiger partial charge in [-0.2, -0.15) is 0 Å². The Hall–Kier alpha value is -1.87. The lowest BCUT2D eigenvalue weighted by molar-refractivity contribution is 0.416. The summed E-state index contributed by atoms with van der Waals surface area (Å²) in [5.41, 5.74) is 0.167. The Morgan fingerprint density at radius 3 is 2.67 bits per heavy atom. The van der Waals surface area contributed by atoms with E-state index in [1.807, 2.05) is 0 Å². The van der Waals surface area contributed by atoms with E-state index in [-0.39, 0.29) is 16.3 Å². The first-order valence-electron chi connectivity index (χ1n) is 3.96. The van der Waals surface area contributed by atoms with Gasteiger partial charge in [-0.05, 0) is 6.07 Å². The smallest absolute Gasteiger partial charge is 0.426 e. The van der Waals surface area contributed by atoms with Crippen LogP contribution >= 0.6 is 0 Å². The van der Waals surface area contributed by atoms with Crippen LogP contribution in [0.15, 0.2) is 35.1 Å². The maximum Gasteiger partial charge on any atom is 0.426 e. The van der Waals surface area contributed by atoms with Gasteiger partial charge in [-0.1, -0.05) is 6.58 Å². The number of hydrogen-bond acceptors (Lipinski definition) is 4. The zero-order chi connectivity index (χ0) is 11.5. The number of nitrogens with zero attached hydrogens (tertiary/aromatic N) is 2. The maximum absolute atomic E-state index is 11.4. The Morgan fingerprint density at radius 1 is 1.53 bits per heavy atom. The van der Waals surface area contributed by atoms with Gasteiger partial charge in [0.1, 0.15) is 0 Å². The summed E-state index contributed by atoms with van der Waals surface area (Å²) in [6, 6.07) is 3.93. The quantitative estimate of drug-likeness (QED) is 0.738. The Kier molecular flexibility index (Phi) is 3.07. The Labute approximate surface area is 87.5 Å². The van der Waals surface area contributed by atoms with E-state index < -0.39 is 9.84 Å². The molecule has 0 bridgehead atoms. The third-order valence-corrected chi connectivity index (χ3v) is 3.16. The third kappa shape index (κ3) is 2.14. The minimum Gasteiger partial charge on any atom is -0.489 e. The highest BCUT2D eigenvalue weighted by atomic mass is 32.2. The van der Waals surface area contributed by atoms with Crippen LogP contribution in [0.1, 0.15) is 0 Å². The molecule has 1 aromatic carbocycles. The summed E-state index contributed by atoms with van der Waals surface area (Å²) in [5.74, 6) is 0.181. The minimum absolute atomic E-state index is 0.0433. The number of hydrogen-bond donors (Lipinski definition) is 0. The highest BCUT2D eigenvalue weighted by Gasteiger charge is 2.19. The highest BCUT2D eigenvalue weighted by molar-refractivity contribution is 7.94. The molecule has 1 aromatic rings. The first-order chi connectivity index (χ1) is 7.05. The molecule has 0 unspecified atom stereocenters. The van der Waals surface area contributed by atoms with E-state index in [1.165, 1.54) is 25.3 Å². The lowest BCUT2D eigenvalue weighted by Crippen LogP contribution is -1.96. The molecule has 78 valence electrons. The Morgan fingerprint density at radius 2 is 2.20 bits per heavy atom. The Balaban J connectivity index is 3.40. The van der Waals surface area contributed by atoms with Crippen molar-refractivity contribution in [2.24, 2.45) is 0 Å². The van der Waals surface area contributed by atoms with Crippen molar-refractivity contribution in [1.82, 2.24) is 0 Å². The molecule has 0 fully saturated rings. The second-order valence-corrected chi connectivity index (χ2v) is 4.54. The van der Waals surface area contributed by atoms with Gasteiger partial charge in [0.05, 0.1) is 12.0 Å². The molecule has 0 spiro atoms. The molecule has 0 aliphatic rings. The fourth-order valence-corrected chi connectivity index (χ4v) is 1.74. The number of diazo groups is 1. The molecular weight excluding hydrogens is 216 g/mol. The summed E-state index contributed by atoms with van der Waals surface area (Å²) < 4.78 is 27.7. The van der Waals surface area contributed by atoms with Gasteiger partial charge in [0.15, 0.2) is 14.8 Å². The normalized spacial score (nSPS) is 10.4. The van der Waals surface area contributed by atoms with E-state index in [2.05, 4.69) is 11.6 Å². The summed E-state index contributed by atoms with van der Waals surface area (Å²) in [5, 5.41) is 9.42. The van der Waals surface area contributed by atoms with E-state index in [4.69, 9.17) is 10.1 Å². The van der Waals surface area contributed by atoms with Gasteiger partial charge in [-0.3, -0.25) is 0 Å². The van der Waals surface area contributed by atoms with Crippen molar-refractivity contribution in [2.45, 2.75) is 4.90 Å². The summed E-state index contributed by atoms with van der Waals surface area (Å²) in [4.78, 5) is 2.99. The van der Waals surface area contributed by atoms with E-state index in [0.29, 0.717) is 0 Å². The van der Waals surface area contributed by atoms with Crippen molar-refractivity contribution < 1.29 is 13.2 Å². The lowest BCUT2D eigenvalue weighted by Gasteiger charge is -2.00. The van der Waals surface area contributed by atoms with E-state index >= 15 is 0 Å². The van der Waals surface area contributed by atoms with Crippen LogP contribution in [0.3, 0.4) is 0 Å². The highest BCUT2D eigenvalue weighted by Crippen LogP contribution is 2.30. The second-order valence-electron chi connectivity index (χ2n) is 2.65. The predicted molar refractivity (Wildman–Crippen MR) is 55.1 cm³/mol. The standard InChI is InChI=1S/C9H9N2O3S/c1-3-15(12,13)7-4-5-8(11-10)9(6-7)14-2/h3-6H,1H2,2H3/q+1. The minimum atomic E-state index is -3.50. The average molecular weight is 225 g/mol. The van der Waals surface area contributed by atoms with Crippen molar-refractivity contribution in [3.8, 4) is 5.75 Å². The molecular formula is C9H9N2O3S+. The average Bonchev–Trinajstić information content (AvgIpc) is 2.28. The first-order valence-corrected chi connectivity index (χ1v) is 5.50. The Bertz CT molecular complexity index is 529. The van der Waals surface area contributed by atoms with Gasteiger partial charge in [-0.15, -0.1) is 0 Å². The van der Waals surface area contributed by atoms with Crippen molar-refractivity contribution in [3.05, 3.63) is 35.2 Å². The molecule has 0 heterocycles. The molecule has 6 heteroatoms. The molecule has 0 saturated heterocycles. The molecule has 0 N–H and O–H groups in total.